The minimum Gasteiger partial charge on any atom is -0.461 e. The van der Waals surface area contributed by atoms with Crippen LogP contribution in [0.25, 0.3) is 11.1 Å². The lowest BCUT2D eigenvalue weighted by atomic mass is 9.96. The van der Waals surface area contributed by atoms with Gasteiger partial charge in [0, 0.05) is 11.1 Å². The van der Waals surface area contributed by atoms with Crippen LogP contribution < -0.4 is 8.92 Å². The molecule has 3 rings (SSSR count). The highest BCUT2D eigenvalue weighted by atomic mass is 32.3. The van der Waals surface area contributed by atoms with E-state index in [1.54, 1.807) is 18.2 Å². The Hall–Kier alpha value is -2.81. The van der Waals surface area contributed by atoms with Gasteiger partial charge in [-0.15, -0.1) is 13.2 Å². The molecule has 2 aromatic rings. The van der Waals surface area contributed by atoms with E-state index in [2.05, 4.69) is 13.2 Å². The fraction of sp³-hybridized carbons (Fsp3) is 0.333. The van der Waals surface area contributed by atoms with Crippen molar-refractivity contribution in [1.29, 1.82) is 0 Å². The first-order chi connectivity index (χ1) is 17.0. The second-order valence-corrected chi connectivity index (χ2v) is 9.11. The van der Waals surface area contributed by atoms with Gasteiger partial charge in [0.25, 0.3) is 0 Å². The Bertz CT molecular complexity index is 1190. The molecule has 0 bridgehead atoms. The Morgan fingerprint density at radius 2 is 1.67 bits per heavy atom. The number of allylic oxidation sites excluding steroid dienone is 1. The molecule has 36 heavy (non-hydrogen) atoms. The molecule has 6 N–H and O–H groups in total. The molecule has 0 amide bonds. The Morgan fingerprint density at radius 1 is 1.00 bits per heavy atom. The largest absolute Gasteiger partial charge is 0.461 e. The van der Waals surface area contributed by atoms with Gasteiger partial charge in [-0.2, -0.15) is 8.42 Å². The van der Waals surface area contributed by atoms with Crippen LogP contribution in [-0.2, 0) is 21.6 Å². The number of hydrogen-bond donors (Lipinski definition) is 6. The maximum atomic E-state index is 11.5. The summed E-state index contributed by atoms with van der Waals surface area (Å²) in [5.41, 5.74) is 1.32. The van der Waals surface area contributed by atoms with Crippen molar-refractivity contribution in [2.24, 2.45) is 0 Å². The van der Waals surface area contributed by atoms with Crippen LogP contribution in [0.5, 0.6) is 11.5 Å². The van der Waals surface area contributed by atoms with Crippen LogP contribution >= 0.6 is 0 Å². The predicted octanol–water partition coefficient (Wildman–Crippen LogP) is 0.662. The molecule has 1 unspecified atom stereocenters. The third kappa shape index (κ3) is 6.30. The van der Waals surface area contributed by atoms with Crippen molar-refractivity contribution in [3.05, 3.63) is 72.8 Å². The van der Waals surface area contributed by atoms with Crippen LogP contribution in [0.2, 0.25) is 0 Å². The average Bonchev–Trinajstić information content (AvgIpc) is 2.84. The van der Waals surface area contributed by atoms with Crippen molar-refractivity contribution >= 4 is 10.4 Å². The molecule has 0 aliphatic carbocycles. The van der Waals surface area contributed by atoms with E-state index >= 15 is 0 Å². The smallest absolute Gasteiger partial charge is 0.446 e. The van der Waals surface area contributed by atoms with Crippen molar-refractivity contribution in [3.63, 3.8) is 0 Å². The van der Waals surface area contributed by atoms with Crippen LogP contribution in [-0.4, -0.2) is 75.8 Å². The van der Waals surface area contributed by atoms with Crippen LogP contribution in [0.3, 0.4) is 0 Å². The molecule has 1 saturated heterocycles. The van der Waals surface area contributed by atoms with Crippen LogP contribution in [0.4, 0.5) is 0 Å². The van der Waals surface area contributed by atoms with E-state index in [0.29, 0.717) is 17.5 Å². The molecule has 11 nitrogen and oxygen atoms in total. The van der Waals surface area contributed by atoms with E-state index in [1.807, 2.05) is 0 Å². The molecule has 0 radical (unpaired) electrons. The summed E-state index contributed by atoms with van der Waals surface area (Å²) >= 11 is 0. The van der Waals surface area contributed by atoms with Crippen molar-refractivity contribution in [1.82, 2.24) is 0 Å². The predicted molar refractivity (Wildman–Crippen MR) is 128 cm³/mol. The zero-order chi connectivity index (χ0) is 26.6. The first-order valence-corrected chi connectivity index (χ1v) is 12.2. The monoisotopic (exact) mass is 524 g/mol. The summed E-state index contributed by atoms with van der Waals surface area (Å²) in [6.45, 7) is 6.55. The first kappa shape index (κ1) is 27.8. The fourth-order valence-corrected chi connectivity index (χ4v) is 4.11. The lowest BCUT2D eigenvalue weighted by Crippen LogP contribution is -2.60. The fourth-order valence-electron chi connectivity index (χ4n) is 3.74. The van der Waals surface area contributed by atoms with Gasteiger partial charge in [-0.3, -0.25) is 4.55 Å². The molecule has 0 saturated carbocycles. The van der Waals surface area contributed by atoms with Gasteiger partial charge in [0.1, 0.15) is 30.2 Å². The molecule has 0 spiro atoms. The van der Waals surface area contributed by atoms with Gasteiger partial charge < -0.3 is 39.2 Å². The number of ether oxygens (including phenoxy) is 2. The Balaban J connectivity index is 2.16. The standard InChI is InChI=1S/C24H28O11S/c1-3-5-13-6-8-19(35-36(30,31)32)15(10-13)16-11-14(17(26)4-2)7-9-18(16)33-24-23(29)22(28)21(27)20(12-25)34-24/h3-4,6-11,17,20-29H,1-2,5,12H2,(H,30,31,32)/t17?,20-,21-,22+,23-,24-/m1/s1. The maximum absolute atomic E-state index is 11.5. The molecule has 196 valence electrons. The topological polar surface area (TPSA) is 183 Å². The second kappa shape index (κ2) is 11.5. The molecular formula is C24H28O11S. The number of benzene rings is 2. The highest BCUT2D eigenvalue weighted by Gasteiger charge is 2.45. The quantitative estimate of drug-likeness (QED) is 0.190. The normalized spacial score (nSPS) is 25.1. The van der Waals surface area contributed by atoms with Crippen molar-refractivity contribution in [2.75, 3.05) is 6.61 Å². The summed E-state index contributed by atoms with van der Waals surface area (Å²) in [5, 5.41) is 50.3. The summed E-state index contributed by atoms with van der Waals surface area (Å²) in [7, 11) is -4.92. The van der Waals surface area contributed by atoms with Gasteiger partial charge in [-0.25, -0.2) is 0 Å². The number of rotatable bonds is 10. The first-order valence-electron chi connectivity index (χ1n) is 10.8. The second-order valence-electron chi connectivity index (χ2n) is 8.09. The van der Waals surface area contributed by atoms with Crippen LogP contribution in [0, 0.1) is 0 Å². The van der Waals surface area contributed by atoms with Gasteiger partial charge in [-0.05, 0) is 41.8 Å². The van der Waals surface area contributed by atoms with Crippen molar-refractivity contribution < 1.29 is 52.2 Å². The van der Waals surface area contributed by atoms with E-state index in [-0.39, 0.29) is 22.6 Å². The zero-order valence-corrected chi connectivity index (χ0v) is 19.9. The van der Waals surface area contributed by atoms with Crippen LogP contribution in [0.15, 0.2) is 61.7 Å². The number of aliphatic hydroxyl groups excluding tert-OH is 5. The highest BCUT2D eigenvalue weighted by molar-refractivity contribution is 7.81. The number of aliphatic hydroxyl groups is 5. The number of hydrogen-bond acceptors (Lipinski definition) is 10. The Kier molecular flexibility index (Phi) is 8.87. The van der Waals surface area contributed by atoms with E-state index in [1.165, 1.54) is 30.3 Å². The molecule has 12 heteroatoms. The van der Waals surface area contributed by atoms with Gasteiger partial charge in [0.05, 0.1) is 12.7 Å². The Labute approximate surface area is 208 Å². The third-order valence-electron chi connectivity index (χ3n) is 5.57. The third-order valence-corrected chi connectivity index (χ3v) is 5.96. The molecule has 1 heterocycles. The maximum Gasteiger partial charge on any atom is 0.446 e. The SMILES string of the molecule is C=CCc1ccc(OS(=O)(=O)O)c(-c2cc(C(O)C=C)ccc2O[C@@H]2O[C@H](CO)[C@@H](O)[C@H](O)[C@H]2O)c1. The molecular weight excluding hydrogens is 496 g/mol. The van der Waals surface area contributed by atoms with Gasteiger partial charge in [-0.1, -0.05) is 24.3 Å². The molecule has 2 aromatic carbocycles. The summed E-state index contributed by atoms with van der Waals surface area (Å²) in [6, 6.07) is 8.77. The van der Waals surface area contributed by atoms with Crippen LogP contribution in [0.1, 0.15) is 17.2 Å². The molecule has 1 aliphatic rings. The van der Waals surface area contributed by atoms with E-state index < -0.39 is 53.8 Å². The van der Waals surface area contributed by atoms with E-state index in [0.717, 1.165) is 0 Å². The molecule has 1 fully saturated rings. The van der Waals surface area contributed by atoms with Gasteiger partial charge in [0.2, 0.25) is 6.29 Å². The van der Waals surface area contributed by atoms with E-state index in [4.69, 9.17) is 13.7 Å². The lowest BCUT2D eigenvalue weighted by Gasteiger charge is -2.39. The summed E-state index contributed by atoms with van der Waals surface area (Å²) in [4.78, 5) is 0. The van der Waals surface area contributed by atoms with E-state index in [9.17, 15) is 38.5 Å². The van der Waals surface area contributed by atoms with Gasteiger partial charge >= 0.3 is 10.4 Å². The summed E-state index contributed by atoms with van der Waals surface area (Å²) in [5.74, 6) is -0.274. The summed E-state index contributed by atoms with van der Waals surface area (Å²) < 4.78 is 48.3. The zero-order valence-electron chi connectivity index (χ0n) is 19.0. The highest BCUT2D eigenvalue weighted by Crippen LogP contribution is 2.40. The molecule has 1 aliphatic heterocycles. The molecule has 6 atom stereocenters. The molecule has 0 aromatic heterocycles. The van der Waals surface area contributed by atoms with Crippen molar-refractivity contribution in [3.8, 4) is 22.6 Å². The van der Waals surface area contributed by atoms with Gasteiger partial charge in [0.15, 0.2) is 5.75 Å². The Morgan fingerprint density at radius 3 is 2.28 bits per heavy atom. The summed E-state index contributed by atoms with van der Waals surface area (Å²) in [6.07, 6.45) is -5.60. The average molecular weight is 525 g/mol. The lowest BCUT2D eigenvalue weighted by molar-refractivity contribution is -0.277. The van der Waals surface area contributed by atoms with Crippen molar-refractivity contribution in [2.45, 2.75) is 43.2 Å². The minimum absolute atomic E-state index is 0.00437. The minimum atomic E-state index is -4.92.